The average Bonchev–Trinajstić information content (AvgIpc) is 2.72. The van der Waals surface area contributed by atoms with Gasteiger partial charge in [-0.1, -0.05) is 35.9 Å². The van der Waals surface area contributed by atoms with Crippen LogP contribution in [0.25, 0.3) is 0 Å². The number of nitrogens with one attached hydrogen (secondary N) is 1. The third kappa shape index (κ3) is 5.56. The summed E-state index contributed by atoms with van der Waals surface area (Å²) < 4.78 is 33.0. The van der Waals surface area contributed by atoms with E-state index < -0.39 is 10.0 Å². The molecule has 0 radical (unpaired) electrons. The van der Waals surface area contributed by atoms with E-state index in [-0.39, 0.29) is 23.3 Å². The first-order chi connectivity index (χ1) is 13.4. The number of likely N-dealkylation sites (tertiary alicyclic amines) is 1. The van der Waals surface area contributed by atoms with Gasteiger partial charge in [0.25, 0.3) is 5.91 Å². The van der Waals surface area contributed by atoms with Crippen LogP contribution in [0.1, 0.15) is 18.4 Å². The molecular weight excluding hydrogens is 376 g/mol. The van der Waals surface area contributed by atoms with Crippen molar-refractivity contribution in [1.82, 2.24) is 9.62 Å². The molecule has 3 rings (SSSR count). The predicted molar refractivity (Wildman–Crippen MR) is 108 cm³/mol. The zero-order chi connectivity index (χ0) is 20.0. The number of amides is 1. The van der Waals surface area contributed by atoms with Crippen molar-refractivity contribution in [3.8, 4) is 5.75 Å². The van der Waals surface area contributed by atoms with Gasteiger partial charge in [-0.3, -0.25) is 4.79 Å². The Morgan fingerprint density at radius 2 is 1.71 bits per heavy atom. The summed E-state index contributed by atoms with van der Waals surface area (Å²) in [5, 5.41) is 0. The fourth-order valence-corrected chi connectivity index (χ4v) is 4.28. The maximum Gasteiger partial charge on any atom is 0.260 e. The van der Waals surface area contributed by atoms with Crippen LogP contribution in [0.3, 0.4) is 0 Å². The van der Waals surface area contributed by atoms with Gasteiger partial charge in [-0.15, -0.1) is 0 Å². The highest BCUT2D eigenvalue weighted by molar-refractivity contribution is 7.89. The SMILES string of the molecule is Cc1ccc(S(=O)(=O)NCC2CCN(C(=O)COc3ccccc3)CC2)cc1. The number of rotatable bonds is 7. The van der Waals surface area contributed by atoms with E-state index in [0.29, 0.717) is 25.4 Å². The Bertz CT molecular complexity index is 874. The van der Waals surface area contributed by atoms with E-state index in [1.54, 1.807) is 29.2 Å². The smallest absolute Gasteiger partial charge is 0.260 e. The van der Waals surface area contributed by atoms with Crippen LogP contribution >= 0.6 is 0 Å². The molecular formula is C21H26N2O4S. The molecule has 2 aromatic carbocycles. The second-order valence-electron chi connectivity index (χ2n) is 7.09. The molecule has 1 N–H and O–H groups in total. The zero-order valence-corrected chi connectivity index (χ0v) is 16.8. The number of benzene rings is 2. The van der Waals surface area contributed by atoms with E-state index in [1.807, 2.05) is 37.3 Å². The molecule has 1 heterocycles. The van der Waals surface area contributed by atoms with E-state index in [0.717, 1.165) is 18.4 Å². The maximum atomic E-state index is 12.4. The molecule has 150 valence electrons. The molecule has 0 unspecified atom stereocenters. The Balaban J connectivity index is 1.42. The number of ether oxygens (including phenoxy) is 1. The minimum absolute atomic E-state index is 0.0226. The molecule has 0 aliphatic carbocycles. The number of hydrogen-bond donors (Lipinski definition) is 1. The first-order valence-corrected chi connectivity index (χ1v) is 10.9. The lowest BCUT2D eigenvalue weighted by atomic mass is 9.97. The maximum absolute atomic E-state index is 12.4. The summed E-state index contributed by atoms with van der Waals surface area (Å²) in [6.07, 6.45) is 1.54. The Labute approximate surface area is 166 Å². The molecule has 0 bridgehead atoms. The molecule has 7 heteroatoms. The van der Waals surface area contributed by atoms with Crippen LogP contribution in [0.15, 0.2) is 59.5 Å². The van der Waals surface area contributed by atoms with Crippen molar-refractivity contribution in [2.45, 2.75) is 24.7 Å². The van der Waals surface area contributed by atoms with Crippen LogP contribution in [0.5, 0.6) is 5.75 Å². The van der Waals surface area contributed by atoms with Crippen LogP contribution in [0.4, 0.5) is 0 Å². The number of para-hydroxylation sites is 1. The van der Waals surface area contributed by atoms with Crippen molar-refractivity contribution in [2.75, 3.05) is 26.2 Å². The minimum Gasteiger partial charge on any atom is -0.484 e. The molecule has 0 atom stereocenters. The summed E-state index contributed by atoms with van der Waals surface area (Å²) >= 11 is 0. The topological polar surface area (TPSA) is 75.7 Å². The third-order valence-electron chi connectivity index (χ3n) is 4.97. The van der Waals surface area contributed by atoms with Gasteiger partial charge in [0.15, 0.2) is 6.61 Å². The van der Waals surface area contributed by atoms with Gasteiger partial charge in [-0.2, -0.15) is 0 Å². The summed E-state index contributed by atoms with van der Waals surface area (Å²) in [7, 11) is -3.50. The second kappa shape index (κ2) is 9.21. The predicted octanol–water partition coefficient (Wildman–Crippen LogP) is 2.59. The quantitative estimate of drug-likeness (QED) is 0.772. The van der Waals surface area contributed by atoms with E-state index >= 15 is 0 Å². The normalized spacial score (nSPS) is 15.4. The molecule has 2 aromatic rings. The Morgan fingerprint density at radius 3 is 2.36 bits per heavy atom. The highest BCUT2D eigenvalue weighted by Gasteiger charge is 2.24. The number of hydrogen-bond acceptors (Lipinski definition) is 4. The lowest BCUT2D eigenvalue weighted by Crippen LogP contribution is -2.43. The average molecular weight is 403 g/mol. The first kappa shape index (κ1) is 20.4. The fraction of sp³-hybridized carbons (Fsp3) is 0.381. The third-order valence-corrected chi connectivity index (χ3v) is 6.41. The van der Waals surface area contributed by atoms with E-state index in [1.165, 1.54) is 0 Å². The molecule has 0 aromatic heterocycles. The second-order valence-corrected chi connectivity index (χ2v) is 8.86. The number of sulfonamides is 1. The summed E-state index contributed by atoms with van der Waals surface area (Å²) in [5.74, 6) is 0.859. The molecule has 28 heavy (non-hydrogen) atoms. The molecule has 1 saturated heterocycles. The van der Waals surface area contributed by atoms with Crippen molar-refractivity contribution >= 4 is 15.9 Å². The number of carbonyl (C=O) groups excluding carboxylic acids is 1. The van der Waals surface area contributed by atoms with E-state index in [9.17, 15) is 13.2 Å². The van der Waals surface area contributed by atoms with Crippen LogP contribution in [-0.4, -0.2) is 45.5 Å². The molecule has 1 amide bonds. The zero-order valence-electron chi connectivity index (χ0n) is 16.0. The van der Waals surface area contributed by atoms with Crippen molar-refractivity contribution in [2.24, 2.45) is 5.92 Å². The molecule has 0 saturated carbocycles. The van der Waals surface area contributed by atoms with Gasteiger partial charge < -0.3 is 9.64 Å². The summed E-state index contributed by atoms with van der Waals surface area (Å²) in [5.41, 5.74) is 1.02. The van der Waals surface area contributed by atoms with Crippen LogP contribution in [-0.2, 0) is 14.8 Å². The van der Waals surface area contributed by atoms with Crippen molar-refractivity contribution in [1.29, 1.82) is 0 Å². The summed E-state index contributed by atoms with van der Waals surface area (Å²) in [4.78, 5) is 14.4. The lowest BCUT2D eigenvalue weighted by molar-refractivity contribution is -0.134. The Morgan fingerprint density at radius 1 is 1.07 bits per heavy atom. The van der Waals surface area contributed by atoms with Crippen LogP contribution < -0.4 is 9.46 Å². The molecule has 1 aliphatic heterocycles. The van der Waals surface area contributed by atoms with Crippen molar-refractivity contribution in [3.63, 3.8) is 0 Å². The number of carbonyl (C=O) groups is 1. The number of piperidine rings is 1. The Hall–Kier alpha value is -2.38. The van der Waals surface area contributed by atoms with E-state index in [2.05, 4.69) is 4.72 Å². The van der Waals surface area contributed by atoms with Gasteiger partial charge >= 0.3 is 0 Å². The fourth-order valence-electron chi connectivity index (χ4n) is 3.17. The Kier molecular flexibility index (Phi) is 6.70. The van der Waals surface area contributed by atoms with Gasteiger partial charge in [-0.05, 0) is 49.9 Å². The van der Waals surface area contributed by atoms with Crippen LogP contribution in [0.2, 0.25) is 0 Å². The van der Waals surface area contributed by atoms with E-state index in [4.69, 9.17) is 4.74 Å². The largest absolute Gasteiger partial charge is 0.484 e. The minimum atomic E-state index is -3.50. The molecule has 1 aliphatic rings. The number of aryl methyl sites for hydroxylation is 1. The van der Waals surface area contributed by atoms with Crippen molar-refractivity contribution < 1.29 is 17.9 Å². The molecule has 6 nitrogen and oxygen atoms in total. The van der Waals surface area contributed by atoms with Crippen LogP contribution in [0, 0.1) is 12.8 Å². The molecule has 0 spiro atoms. The first-order valence-electron chi connectivity index (χ1n) is 9.46. The summed E-state index contributed by atoms with van der Waals surface area (Å²) in [6, 6.07) is 16.1. The number of nitrogens with zero attached hydrogens (tertiary/aromatic N) is 1. The van der Waals surface area contributed by atoms with Gasteiger partial charge in [0.05, 0.1) is 4.90 Å². The van der Waals surface area contributed by atoms with Crippen molar-refractivity contribution in [3.05, 3.63) is 60.2 Å². The molecule has 1 fully saturated rings. The van der Waals surface area contributed by atoms with Gasteiger partial charge in [0.1, 0.15) is 5.75 Å². The standard InChI is InChI=1S/C21H26N2O4S/c1-17-7-9-20(10-8-17)28(25,26)22-15-18-11-13-23(14-12-18)21(24)16-27-19-5-3-2-4-6-19/h2-10,18,22H,11-16H2,1H3. The summed E-state index contributed by atoms with van der Waals surface area (Å²) in [6.45, 7) is 3.57. The van der Waals surface area contributed by atoms with Gasteiger partial charge in [-0.25, -0.2) is 13.1 Å². The lowest BCUT2D eigenvalue weighted by Gasteiger charge is -2.32. The highest BCUT2D eigenvalue weighted by Crippen LogP contribution is 2.18. The monoisotopic (exact) mass is 402 g/mol. The highest BCUT2D eigenvalue weighted by atomic mass is 32.2. The van der Waals surface area contributed by atoms with Gasteiger partial charge in [0, 0.05) is 19.6 Å². The van der Waals surface area contributed by atoms with Gasteiger partial charge in [0.2, 0.25) is 10.0 Å².